The number of unbranched alkanes of at least 4 members (excludes halogenated alkanes) is 2. The fourth-order valence-corrected chi connectivity index (χ4v) is 3.55. The van der Waals surface area contributed by atoms with Gasteiger partial charge in [0.2, 0.25) is 5.88 Å². The van der Waals surface area contributed by atoms with Crippen molar-refractivity contribution in [1.82, 2.24) is 9.47 Å². The molecule has 0 fully saturated rings. The van der Waals surface area contributed by atoms with Crippen LogP contribution in [0.5, 0.6) is 11.6 Å². The lowest BCUT2D eigenvalue weighted by atomic mass is 10.1. The fraction of sp³-hybridized carbons (Fsp3) is 0.481. The van der Waals surface area contributed by atoms with Gasteiger partial charge >= 0.3 is 0 Å². The molecule has 2 aromatic rings. The summed E-state index contributed by atoms with van der Waals surface area (Å²) < 4.78 is 12.0. The number of pyridine rings is 1. The Labute approximate surface area is 213 Å². The predicted molar refractivity (Wildman–Crippen MR) is 142 cm³/mol. The number of benzene rings is 1. The Morgan fingerprint density at radius 2 is 1.67 bits per heavy atom. The molecule has 0 atom stereocenters. The van der Waals surface area contributed by atoms with Crippen molar-refractivity contribution in [2.75, 3.05) is 26.8 Å². The van der Waals surface area contributed by atoms with Crippen molar-refractivity contribution >= 4 is 23.0 Å². The first-order valence-electron chi connectivity index (χ1n) is 12.4. The van der Waals surface area contributed by atoms with E-state index in [1.165, 1.54) is 14.2 Å². The van der Waals surface area contributed by atoms with Gasteiger partial charge in [-0.05, 0) is 43.5 Å². The molecule has 36 heavy (non-hydrogen) atoms. The third-order valence-corrected chi connectivity index (χ3v) is 5.68. The van der Waals surface area contributed by atoms with Crippen molar-refractivity contribution in [1.29, 1.82) is 0 Å². The first-order chi connectivity index (χ1) is 17.3. The molecule has 196 valence electrons. The molecule has 0 aliphatic rings. The number of nitrogens with zero attached hydrogens (tertiary/aromatic N) is 4. The van der Waals surface area contributed by atoms with E-state index < -0.39 is 11.4 Å². The maximum Gasteiger partial charge on any atom is 0.268 e. The first-order valence-corrected chi connectivity index (χ1v) is 12.4. The van der Waals surface area contributed by atoms with E-state index in [0.29, 0.717) is 17.9 Å². The molecule has 0 aliphatic carbocycles. The maximum absolute atomic E-state index is 13.0. The van der Waals surface area contributed by atoms with Gasteiger partial charge in [-0.25, -0.2) is 0 Å². The molecule has 9 nitrogen and oxygen atoms in total. The number of hydrogen-bond acceptors (Lipinski definition) is 7. The highest BCUT2D eigenvalue weighted by atomic mass is 16.5. The van der Waals surface area contributed by atoms with Crippen LogP contribution in [0.25, 0.3) is 5.76 Å². The van der Waals surface area contributed by atoms with Crippen molar-refractivity contribution in [3.63, 3.8) is 0 Å². The molecular formula is C27H38N4O5. The van der Waals surface area contributed by atoms with Gasteiger partial charge < -0.3 is 19.5 Å². The SMILES string of the molecule is C=C(OCCC)c1c(OC)c(/N=N/c2ccc(C(=O)N(CCCC)CCCC)cc2)c(O)n(C)c1=O. The van der Waals surface area contributed by atoms with E-state index in [2.05, 4.69) is 30.7 Å². The summed E-state index contributed by atoms with van der Waals surface area (Å²) in [6, 6.07) is 6.80. The monoisotopic (exact) mass is 498 g/mol. The number of azo groups is 1. The number of carbonyl (C=O) groups is 1. The number of hydrogen-bond donors (Lipinski definition) is 1. The fourth-order valence-electron chi connectivity index (χ4n) is 3.55. The van der Waals surface area contributed by atoms with Gasteiger partial charge in [0.05, 0.1) is 19.4 Å². The van der Waals surface area contributed by atoms with E-state index >= 15 is 0 Å². The predicted octanol–water partition coefficient (Wildman–Crippen LogP) is 5.95. The van der Waals surface area contributed by atoms with Crippen molar-refractivity contribution in [3.8, 4) is 11.6 Å². The lowest BCUT2D eigenvalue weighted by Gasteiger charge is -2.22. The van der Waals surface area contributed by atoms with Crippen LogP contribution in [0.1, 0.15) is 68.8 Å². The number of ether oxygens (including phenoxy) is 2. The van der Waals surface area contributed by atoms with E-state index in [-0.39, 0.29) is 28.7 Å². The quantitative estimate of drug-likeness (QED) is 0.256. The van der Waals surface area contributed by atoms with Gasteiger partial charge in [-0.1, -0.05) is 40.2 Å². The topological polar surface area (TPSA) is 106 Å². The van der Waals surface area contributed by atoms with Crippen molar-refractivity contribution < 1.29 is 19.4 Å². The third-order valence-electron chi connectivity index (χ3n) is 5.68. The number of aromatic hydroxyl groups is 1. The summed E-state index contributed by atoms with van der Waals surface area (Å²) >= 11 is 0. The zero-order valence-corrected chi connectivity index (χ0v) is 22.0. The van der Waals surface area contributed by atoms with Crippen LogP contribution in [-0.4, -0.2) is 47.3 Å². The average molecular weight is 499 g/mol. The number of amides is 1. The van der Waals surface area contributed by atoms with Crippen LogP contribution in [0, 0.1) is 0 Å². The second-order valence-electron chi connectivity index (χ2n) is 8.46. The minimum absolute atomic E-state index is 0.00649. The molecule has 1 aromatic carbocycles. The van der Waals surface area contributed by atoms with Gasteiger partial charge in [-0.15, -0.1) is 5.11 Å². The minimum atomic E-state index is -0.525. The zero-order valence-electron chi connectivity index (χ0n) is 22.0. The van der Waals surface area contributed by atoms with E-state index in [9.17, 15) is 14.7 Å². The lowest BCUT2D eigenvalue weighted by Crippen LogP contribution is -2.32. The van der Waals surface area contributed by atoms with Crippen molar-refractivity contribution in [3.05, 3.63) is 52.3 Å². The molecule has 0 spiro atoms. The molecule has 0 unspecified atom stereocenters. The largest absolute Gasteiger partial charge is 0.493 e. The van der Waals surface area contributed by atoms with Crippen LogP contribution in [-0.2, 0) is 11.8 Å². The van der Waals surface area contributed by atoms with Crippen LogP contribution in [0.3, 0.4) is 0 Å². The molecule has 1 N–H and O–H groups in total. The van der Waals surface area contributed by atoms with Gasteiger partial charge in [0, 0.05) is 25.7 Å². The zero-order chi connectivity index (χ0) is 26.7. The Morgan fingerprint density at radius 1 is 1.06 bits per heavy atom. The smallest absolute Gasteiger partial charge is 0.268 e. The third kappa shape index (κ3) is 6.96. The van der Waals surface area contributed by atoms with Gasteiger partial charge in [-0.3, -0.25) is 14.2 Å². The van der Waals surface area contributed by atoms with Crippen LogP contribution < -0.4 is 10.3 Å². The Balaban J connectivity index is 2.35. The van der Waals surface area contributed by atoms with Gasteiger partial charge in [-0.2, -0.15) is 5.11 Å². The molecule has 1 heterocycles. The highest BCUT2D eigenvalue weighted by Crippen LogP contribution is 2.40. The second-order valence-corrected chi connectivity index (χ2v) is 8.46. The Bertz CT molecular complexity index is 1110. The average Bonchev–Trinajstić information content (AvgIpc) is 2.89. The Hall–Kier alpha value is -3.62. The maximum atomic E-state index is 13.0. The molecule has 2 rings (SSSR count). The van der Waals surface area contributed by atoms with E-state index in [1.54, 1.807) is 24.3 Å². The molecule has 0 saturated heterocycles. The van der Waals surface area contributed by atoms with Crippen LogP contribution >= 0.6 is 0 Å². The summed E-state index contributed by atoms with van der Waals surface area (Å²) in [4.78, 5) is 27.6. The van der Waals surface area contributed by atoms with E-state index in [1.807, 2.05) is 11.8 Å². The van der Waals surface area contributed by atoms with Crippen molar-refractivity contribution in [2.45, 2.75) is 52.9 Å². The van der Waals surface area contributed by atoms with E-state index in [0.717, 1.165) is 49.8 Å². The molecule has 0 bridgehead atoms. The molecule has 9 heteroatoms. The summed E-state index contributed by atoms with van der Waals surface area (Å²) in [6.45, 7) is 11.8. The summed E-state index contributed by atoms with van der Waals surface area (Å²) in [6.07, 6.45) is 4.71. The minimum Gasteiger partial charge on any atom is -0.493 e. The first kappa shape index (κ1) is 28.6. The van der Waals surface area contributed by atoms with Crippen LogP contribution in [0.2, 0.25) is 0 Å². The normalized spacial score (nSPS) is 11.0. The van der Waals surface area contributed by atoms with Gasteiger partial charge in [0.1, 0.15) is 11.3 Å². The summed E-state index contributed by atoms with van der Waals surface area (Å²) in [7, 11) is 2.78. The highest BCUT2D eigenvalue weighted by molar-refractivity contribution is 5.94. The van der Waals surface area contributed by atoms with Crippen LogP contribution in [0.15, 0.2) is 45.9 Å². The molecule has 0 saturated carbocycles. The molecule has 0 aliphatic heterocycles. The number of methoxy groups -OCH3 is 1. The van der Waals surface area contributed by atoms with E-state index in [4.69, 9.17) is 9.47 Å². The lowest BCUT2D eigenvalue weighted by molar-refractivity contribution is 0.0751. The second kappa shape index (κ2) is 14.1. The van der Waals surface area contributed by atoms with Gasteiger partial charge in [0.15, 0.2) is 11.4 Å². The van der Waals surface area contributed by atoms with Crippen LogP contribution in [0.4, 0.5) is 11.4 Å². The van der Waals surface area contributed by atoms with Gasteiger partial charge in [0.25, 0.3) is 11.5 Å². The standard InChI is InChI=1S/C27H38N4O5/c1-7-10-16-31(17-11-8-2)25(32)20-12-14-21(15-13-20)28-29-23-24(35-6)22(19(4)36-18-9-3)26(33)30(5)27(23)34/h12-15,34H,4,7-11,16-18H2,1-3,5-6H3/b29-28+. The summed E-state index contributed by atoms with van der Waals surface area (Å²) in [5.74, 6) is -0.256. The summed E-state index contributed by atoms with van der Waals surface area (Å²) in [5.41, 5.74) is 0.568. The molecular weight excluding hydrogens is 460 g/mol. The number of rotatable bonds is 14. The van der Waals surface area contributed by atoms with Crippen molar-refractivity contribution in [2.24, 2.45) is 17.3 Å². The number of carbonyl (C=O) groups excluding carboxylic acids is 1. The highest BCUT2D eigenvalue weighted by Gasteiger charge is 2.24. The molecule has 1 aromatic heterocycles. The number of aromatic nitrogens is 1. The Morgan fingerprint density at radius 3 is 2.19 bits per heavy atom. The molecule has 0 radical (unpaired) electrons. The Kier molecular flexibility index (Phi) is 11.2. The molecule has 1 amide bonds. The summed E-state index contributed by atoms with van der Waals surface area (Å²) in [5, 5.41) is 18.9.